The summed E-state index contributed by atoms with van der Waals surface area (Å²) in [7, 11) is 0. The maximum absolute atomic E-state index is 4.42. The van der Waals surface area contributed by atoms with E-state index in [4.69, 9.17) is 0 Å². The first-order chi connectivity index (χ1) is 8.67. The number of likely N-dealkylation sites (tertiary alicyclic amines) is 1. The van der Waals surface area contributed by atoms with Gasteiger partial charge in [-0.1, -0.05) is 0 Å². The zero-order valence-corrected chi connectivity index (χ0v) is 11.5. The van der Waals surface area contributed by atoms with Crippen LogP contribution in [-0.4, -0.2) is 40.9 Å². The number of hydrogen-bond donors (Lipinski definition) is 1. The van der Waals surface area contributed by atoms with Crippen LogP contribution in [0, 0.1) is 5.41 Å². The molecule has 2 fully saturated rings. The van der Waals surface area contributed by atoms with Crippen molar-refractivity contribution < 1.29 is 0 Å². The SMILES string of the molecule is CC(C)n1cc(CN2CCC3(CCNC3)C2)cn1. The van der Waals surface area contributed by atoms with E-state index in [2.05, 4.69) is 40.0 Å². The summed E-state index contributed by atoms with van der Waals surface area (Å²) in [6.45, 7) is 10.3. The molecule has 1 aromatic rings. The maximum Gasteiger partial charge on any atom is 0.0534 e. The van der Waals surface area contributed by atoms with Crippen molar-refractivity contribution in [2.45, 2.75) is 39.3 Å². The Morgan fingerprint density at radius 3 is 3.00 bits per heavy atom. The van der Waals surface area contributed by atoms with E-state index in [9.17, 15) is 0 Å². The summed E-state index contributed by atoms with van der Waals surface area (Å²) in [5, 5.41) is 7.94. The molecule has 2 aliphatic heterocycles. The minimum Gasteiger partial charge on any atom is -0.316 e. The average Bonchev–Trinajstić information content (AvgIpc) is 3.03. The van der Waals surface area contributed by atoms with Crippen LogP contribution in [0.3, 0.4) is 0 Å². The summed E-state index contributed by atoms with van der Waals surface area (Å²) >= 11 is 0. The highest BCUT2D eigenvalue weighted by atomic mass is 15.3. The van der Waals surface area contributed by atoms with Crippen LogP contribution in [0.15, 0.2) is 12.4 Å². The van der Waals surface area contributed by atoms with Crippen LogP contribution in [0.2, 0.25) is 0 Å². The van der Waals surface area contributed by atoms with E-state index < -0.39 is 0 Å². The van der Waals surface area contributed by atoms with Crippen LogP contribution in [0.5, 0.6) is 0 Å². The Morgan fingerprint density at radius 2 is 2.33 bits per heavy atom. The zero-order valence-electron chi connectivity index (χ0n) is 11.5. The van der Waals surface area contributed by atoms with Crippen molar-refractivity contribution in [2.24, 2.45) is 5.41 Å². The smallest absolute Gasteiger partial charge is 0.0534 e. The Hall–Kier alpha value is -0.870. The molecule has 18 heavy (non-hydrogen) atoms. The highest BCUT2D eigenvalue weighted by Gasteiger charge is 2.40. The van der Waals surface area contributed by atoms with Crippen LogP contribution in [0.25, 0.3) is 0 Å². The van der Waals surface area contributed by atoms with Crippen LogP contribution in [-0.2, 0) is 6.54 Å². The van der Waals surface area contributed by atoms with E-state index in [1.807, 2.05) is 6.20 Å². The lowest BCUT2D eigenvalue weighted by Gasteiger charge is -2.22. The van der Waals surface area contributed by atoms with Crippen molar-refractivity contribution >= 4 is 0 Å². The van der Waals surface area contributed by atoms with Crippen molar-refractivity contribution in [1.82, 2.24) is 20.0 Å². The predicted molar refractivity (Wildman–Crippen MR) is 72.4 cm³/mol. The van der Waals surface area contributed by atoms with E-state index in [0.717, 1.165) is 6.54 Å². The van der Waals surface area contributed by atoms with Gasteiger partial charge in [0.15, 0.2) is 0 Å². The maximum atomic E-state index is 4.42. The van der Waals surface area contributed by atoms with Gasteiger partial charge >= 0.3 is 0 Å². The second-order valence-corrected chi connectivity index (χ2v) is 6.31. The Bertz CT molecular complexity index is 404. The molecular weight excluding hydrogens is 224 g/mol. The van der Waals surface area contributed by atoms with E-state index in [1.165, 1.54) is 44.6 Å². The predicted octanol–water partition coefficient (Wildman–Crippen LogP) is 1.65. The van der Waals surface area contributed by atoms with Crippen molar-refractivity contribution in [3.05, 3.63) is 18.0 Å². The summed E-state index contributed by atoms with van der Waals surface area (Å²) in [6, 6.07) is 0.461. The zero-order chi connectivity index (χ0) is 12.6. The number of hydrogen-bond acceptors (Lipinski definition) is 3. The minimum absolute atomic E-state index is 0.461. The molecule has 1 N–H and O–H groups in total. The van der Waals surface area contributed by atoms with Gasteiger partial charge in [-0.25, -0.2) is 0 Å². The standard InChI is InChI=1S/C14H24N4/c1-12(2)18-9-13(7-16-18)8-17-6-4-14(11-17)3-5-15-10-14/h7,9,12,15H,3-6,8,10-11H2,1-2H3. The lowest BCUT2D eigenvalue weighted by molar-refractivity contribution is 0.268. The van der Waals surface area contributed by atoms with Crippen LogP contribution < -0.4 is 5.32 Å². The average molecular weight is 248 g/mol. The summed E-state index contributed by atoms with van der Waals surface area (Å²) < 4.78 is 2.05. The van der Waals surface area contributed by atoms with Crippen LogP contribution >= 0.6 is 0 Å². The third-order valence-electron chi connectivity index (χ3n) is 4.44. The number of nitrogens with zero attached hydrogens (tertiary/aromatic N) is 3. The summed E-state index contributed by atoms with van der Waals surface area (Å²) in [5.41, 5.74) is 1.93. The number of nitrogens with one attached hydrogen (secondary N) is 1. The molecule has 2 aliphatic rings. The topological polar surface area (TPSA) is 33.1 Å². The highest BCUT2D eigenvalue weighted by Crippen LogP contribution is 2.36. The van der Waals surface area contributed by atoms with E-state index in [0.29, 0.717) is 11.5 Å². The Kier molecular flexibility index (Phi) is 3.16. The molecule has 1 aromatic heterocycles. The lowest BCUT2D eigenvalue weighted by atomic mass is 9.87. The molecule has 1 spiro atoms. The number of rotatable bonds is 3. The Morgan fingerprint density at radius 1 is 1.44 bits per heavy atom. The first-order valence-electron chi connectivity index (χ1n) is 7.13. The molecule has 0 amide bonds. The quantitative estimate of drug-likeness (QED) is 0.883. The first-order valence-corrected chi connectivity index (χ1v) is 7.13. The number of aromatic nitrogens is 2. The van der Waals surface area contributed by atoms with E-state index in [-0.39, 0.29) is 0 Å². The van der Waals surface area contributed by atoms with Gasteiger partial charge in [0.05, 0.1) is 6.20 Å². The molecular formula is C14H24N4. The summed E-state index contributed by atoms with van der Waals surface area (Å²) in [5.74, 6) is 0. The summed E-state index contributed by atoms with van der Waals surface area (Å²) in [6.07, 6.45) is 6.94. The van der Waals surface area contributed by atoms with Crippen molar-refractivity contribution in [1.29, 1.82) is 0 Å². The second-order valence-electron chi connectivity index (χ2n) is 6.31. The molecule has 0 aliphatic carbocycles. The van der Waals surface area contributed by atoms with Gasteiger partial charge in [-0.2, -0.15) is 5.10 Å². The molecule has 4 nitrogen and oxygen atoms in total. The van der Waals surface area contributed by atoms with E-state index >= 15 is 0 Å². The van der Waals surface area contributed by atoms with E-state index in [1.54, 1.807) is 0 Å². The molecule has 0 saturated carbocycles. The van der Waals surface area contributed by atoms with Crippen LogP contribution in [0.1, 0.15) is 38.3 Å². The van der Waals surface area contributed by atoms with Gasteiger partial charge in [0.25, 0.3) is 0 Å². The van der Waals surface area contributed by atoms with Gasteiger partial charge in [-0.15, -0.1) is 0 Å². The highest BCUT2D eigenvalue weighted by molar-refractivity contribution is 5.06. The molecule has 1 atom stereocenters. The lowest BCUT2D eigenvalue weighted by Crippen LogP contribution is -2.28. The minimum atomic E-state index is 0.461. The normalized spacial score (nSPS) is 28.8. The van der Waals surface area contributed by atoms with Gasteiger partial charge in [-0.05, 0) is 45.2 Å². The molecule has 3 heterocycles. The monoisotopic (exact) mass is 248 g/mol. The molecule has 2 saturated heterocycles. The van der Waals surface area contributed by atoms with Gasteiger partial charge in [-0.3, -0.25) is 9.58 Å². The molecule has 4 heteroatoms. The molecule has 0 aromatic carbocycles. The Balaban J connectivity index is 1.60. The van der Waals surface area contributed by atoms with Gasteiger partial charge < -0.3 is 5.32 Å². The first kappa shape index (κ1) is 12.2. The fraction of sp³-hybridized carbons (Fsp3) is 0.786. The van der Waals surface area contributed by atoms with Gasteiger partial charge in [0, 0.05) is 37.4 Å². The third-order valence-corrected chi connectivity index (χ3v) is 4.44. The fourth-order valence-electron chi connectivity index (χ4n) is 3.31. The molecule has 100 valence electrons. The molecule has 3 rings (SSSR count). The molecule has 1 unspecified atom stereocenters. The van der Waals surface area contributed by atoms with Gasteiger partial charge in [0.1, 0.15) is 0 Å². The largest absolute Gasteiger partial charge is 0.316 e. The Labute approximate surface area is 109 Å². The van der Waals surface area contributed by atoms with Crippen molar-refractivity contribution in [3.63, 3.8) is 0 Å². The van der Waals surface area contributed by atoms with Crippen molar-refractivity contribution in [2.75, 3.05) is 26.2 Å². The fourth-order valence-corrected chi connectivity index (χ4v) is 3.31. The summed E-state index contributed by atoms with van der Waals surface area (Å²) in [4.78, 5) is 2.59. The second kappa shape index (κ2) is 4.67. The van der Waals surface area contributed by atoms with Gasteiger partial charge in [0.2, 0.25) is 0 Å². The molecule has 0 bridgehead atoms. The molecule has 0 radical (unpaired) electrons. The van der Waals surface area contributed by atoms with Crippen LogP contribution in [0.4, 0.5) is 0 Å². The van der Waals surface area contributed by atoms with Crippen molar-refractivity contribution in [3.8, 4) is 0 Å². The third kappa shape index (κ3) is 2.31.